The maximum Gasteiger partial charge on any atom is 0.307 e. The van der Waals surface area contributed by atoms with Crippen molar-refractivity contribution >= 4 is 5.97 Å². The van der Waals surface area contributed by atoms with Crippen LogP contribution in [0.5, 0.6) is 0 Å². The molecule has 1 rings (SSSR count). The second-order valence-electron chi connectivity index (χ2n) is 4.44. The van der Waals surface area contributed by atoms with Gasteiger partial charge in [-0.25, -0.2) is 0 Å². The summed E-state index contributed by atoms with van der Waals surface area (Å²) in [7, 11) is 0. The van der Waals surface area contributed by atoms with E-state index < -0.39 is 0 Å². The molecule has 0 spiro atoms. The maximum absolute atomic E-state index is 11.2. The Morgan fingerprint density at radius 2 is 2.27 bits per heavy atom. The molecule has 1 aliphatic heterocycles. The SMILES string of the molecule is CCOC(=O)CCN1CCOC(C)(C)C1. The molecule has 0 unspecified atom stereocenters. The molecule has 4 nitrogen and oxygen atoms in total. The topological polar surface area (TPSA) is 38.8 Å². The minimum Gasteiger partial charge on any atom is -0.466 e. The zero-order valence-electron chi connectivity index (χ0n) is 9.91. The van der Waals surface area contributed by atoms with Crippen LogP contribution in [-0.2, 0) is 14.3 Å². The van der Waals surface area contributed by atoms with Crippen LogP contribution in [0.4, 0.5) is 0 Å². The van der Waals surface area contributed by atoms with Crippen molar-refractivity contribution in [2.45, 2.75) is 32.8 Å². The van der Waals surface area contributed by atoms with Gasteiger partial charge in [-0.15, -0.1) is 0 Å². The molecule has 0 atom stereocenters. The van der Waals surface area contributed by atoms with Crippen LogP contribution in [0, 0.1) is 0 Å². The number of hydrogen-bond donors (Lipinski definition) is 0. The van der Waals surface area contributed by atoms with E-state index in [9.17, 15) is 4.79 Å². The van der Waals surface area contributed by atoms with Gasteiger partial charge in [0, 0.05) is 19.6 Å². The second kappa shape index (κ2) is 5.47. The minimum absolute atomic E-state index is 0.0904. The van der Waals surface area contributed by atoms with E-state index >= 15 is 0 Å². The van der Waals surface area contributed by atoms with Crippen LogP contribution in [0.25, 0.3) is 0 Å². The lowest BCUT2D eigenvalue weighted by molar-refractivity contribution is -0.144. The summed E-state index contributed by atoms with van der Waals surface area (Å²) in [5.74, 6) is -0.109. The fourth-order valence-electron chi connectivity index (χ4n) is 1.79. The van der Waals surface area contributed by atoms with E-state index in [1.165, 1.54) is 0 Å². The molecule has 0 aromatic carbocycles. The summed E-state index contributed by atoms with van der Waals surface area (Å²) in [5, 5.41) is 0. The largest absolute Gasteiger partial charge is 0.466 e. The fourth-order valence-corrected chi connectivity index (χ4v) is 1.79. The van der Waals surface area contributed by atoms with Gasteiger partial charge >= 0.3 is 5.97 Å². The average molecular weight is 215 g/mol. The number of rotatable bonds is 4. The summed E-state index contributed by atoms with van der Waals surface area (Å²) in [5.41, 5.74) is -0.0904. The zero-order valence-corrected chi connectivity index (χ0v) is 9.91. The van der Waals surface area contributed by atoms with E-state index in [0.717, 1.165) is 26.2 Å². The summed E-state index contributed by atoms with van der Waals surface area (Å²) >= 11 is 0. The highest BCUT2D eigenvalue weighted by Gasteiger charge is 2.27. The Kier molecular flexibility index (Phi) is 4.54. The first kappa shape index (κ1) is 12.5. The van der Waals surface area contributed by atoms with E-state index in [4.69, 9.17) is 9.47 Å². The predicted octanol–water partition coefficient (Wildman–Crippen LogP) is 1.05. The summed E-state index contributed by atoms with van der Waals surface area (Å²) in [4.78, 5) is 13.4. The van der Waals surface area contributed by atoms with Gasteiger partial charge in [0.2, 0.25) is 0 Å². The van der Waals surface area contributed by atoms with E-state index in [2.05, 4.69) is 18.7 Å². The predicted molar refractivity (Wildman–Crippen MR) is 57.7 cm³/mol. The molecule has 0 N–H and O–H groups in total. The molecule has 1 saturated heterocycles. The molecule has 0 radical (unpaired) electrons. The number of morpholine rings is 1. The highest BCUT2D eigenvalue weighted by molar-refractivity contribution is 5.69. The third kappa shape index (κ3) is 4.62. The first-order valence-corrected chi connectivity index (χ1v) is 5.55. The van der Waals surface area contributed by atoms with Gasteiger partial charge < -0.3 is 9.47 Å². The minimum atomic E-state index is -0.109. The molecular formula is C11H21NO3. The number of esters is 1. The van der Waals surface area contributed by atoms with Crippen molar-refractivity contribution in [1.29, 1.82) is 0 Å². The Morgan fingerprint density at radius 1 is 1.53 bits per heavy atom. The normalized spacial score (nSPS) is 21.3. The highest BCUT2D eigenvalue weighted by Crippen LogP contribution is 2.16. The number of carbonyl (C=O) groups is 1. The van der Waals surface area contributed by atoms with Crippen LogP contribution in [0.3, 0.4) is 0 Å². The summed E-state index contributed by atoms with van der Waals surface area (Å²) in [6.45, 7) is 9.74. The lowest BCUT2D eigenvalue weighted by Crippen LogP contribution is -2.48. The average Bonchev–Trinajstić information content (AvgIpc) is 2.14. The quantitative estimate of drug-likeness (QED) is 0.657. The molecule has 1 fully saturated rings. The van der Waals surface area contributed by atoms with Gasteiger partial charge in [-0.2, -0.15) is 0 Å². The van der Waals surface area contributed by atoms with Gasteiger partial charge in [0.25, 0.3) is 0 Å². The molecule has 1 aliphatic rings. The van der Waals surface area contributed by atoms with E-state index in [1.54, 1.807) is 0 Å². The molecule has 0 bridgehead atoms. The van der Waals surface area contributed by atoms with E-state index in [1.807, 2.05) is 6.92 Å². The first-order chi connectivity index (χ1) is 7.03. The van der Waals surface area contributed by atoms with E-state index in [0.29, 0.717) is 13.0 Å². The molecule has 0 aromatic heterocycles. The smallest absolute Gasteiger partial charge is 0.307 e. The molecule has 0 aliphatic carbocycles. The van der Waals surface area contributed by atoms with Crippen LogP contribution < -0.4 is 0 Å². The molecule has 88 valence electrons. The number of nitrogens with zero attached hydrogens (tertiary/aromatic N) is 1. The Hall–Kier alpha value is -0.610. The van der Waals surface area contributed by atoms with Gasteiger partial charge in [-0.1, -0.05) is 0 Å². The van der Waals surface area contributed by atoms with Gasteiger partial charge in [-0.05, 0) is 20.8 Å². The van der Waals surface area contributed by atoms with Crippen molar-refractivity contribution in [3.05, 3.63) is 0 Å². The maximum atomic E-state index is 11.2. The van der Waals surface area contributed by atoms with Crippen molar-refractivity contribution in [2.24, 2.45) is 0 Å². The third-order valence-corrected chi connectivity index (χ3v) is 2.44. The zero-order chi connectivity index (χ0) is 11.3. The molecule has 1 heterocycles. The third-order valence-electron chi connectivity index (χ3n) is 2.44. The van der Waals surface area contributed by atoms with Crippen molar-refractivity contribution in [3.63, 3.8) is 0 Å². The Labute approximate surface area is 91.5 Å². The van der Waals surface area contributed by atoms with Crippen molar-refractivity contribution in [3.8, 4) is 0 Å². The Balaban J connectivity index is 2.24. The summed E-state index contributed by atoms with van der Waals surface area (Å²) in [6.07, 6.45) is 0.476. The van der Waals surface area contributed by atoms with Gasteiger partial charge in [0.1, 0.15) is 0 Å². The van der Waals surface area contributed by atoms with Crippen LogP contribution in [-0.4, -0.2) is 49.3 Å². The molecule has 15 heavy (non-hydrogen) atoms. The lowest BCUT2D eigenvalue weighted by Gasteiger charge is -2.37. The second-order valence-corrected chi connectivity index (χ2v) is 4.44. The first-order valence-electron chi connectivity index (χ1n) is 5.55. The molecule has 0 saturated carbocycles. The van der Waals surface area contributed by atoms with Crippen LogP contribution in [0.2, 0.25) is 0 Å². The Bertz CT molecular complexity index is 216. The number of hydrogen-bond acceptors (Lipinski definition) is 4. The van der Waals surface area contributed by atoms with Gasteiger partial charge in [0.15, 0.2) is 0 Å². The molecule has 0 aromatic rings. The van der Waals surface area contributed by atoms with E-state index in [-0.39, 0.29) is 11.6 Å². The molecule has 4 heteroatoms. The number of ether oxygens (including phenoxy) is 2. The Morgan fingerprint density at radius 3 is 2.87 bits per heavy atom. The number of carbonyl (C=O) groups excluding carboxylic acids is 1. The van der Waals surface area contributed by atoms with Gasteiger partial charge in [-0.3, -0.25) is 9.69 Å². The van der Waals surface area contributed by atoms with Gasteiger partial charge in [0.05, 0.1) is 25.2 Å². The lowest BCUT2D eigenvalue weighted by atomic mass is 10.1. The van der Waals surface area contributed by atoms with Crippen molar-refractivity contribution in [1.82, 2.24) is 4.90 Å². The molecule has 0 amide bonds. The summed E-state index contributed by atoms with van der Waals surface area (Å²) in [6, 6.07) is 0. The van der Waals surface area contributed by atoms with Crippen LogP contribution in [0.1, 0.15) is 27.2 Å². The van der Waals surface area contributed by atoms with Crippen LogP contribution >= 0.6 is 0 Å². The van der Waals surface area contributed by atoms with Crippen molar-refractivity contribution < 1.29 is 14.3 Å². The summed E-state index contributed by atoms with van der Waals surface area (Å²) < 4.78 is 10.5. The van der Waals surface area contributed by atoms with Crippen LogP contribution in [0.15, 0.2) is 0 Å². The monoisotopic (exact) mass is 215 g/mol. The molecular weight excluding hydrogens is 194 g/mol. The fraction of sp³-hybridized carbons (Fsp3) is 0.909. The standard InChI is InChI=1S/C11H21NO3/c1-4-14-10(13)5-6-12-7-8-15-11(2,3)9-12/h4-9H2,1-3H3. The highest BCUT2D eigenvalue weighted by atomic mass is 16.5. The van der Waals surface area contributed by atoms with Crippen molar-refractivity contribution in [2.75, 3.05) is 32.8 Å².